The number of ether oxygens (including phenoxy) is 1. The number of aryl methyl sites for hydroxylation is 1. The lowest BCUT2D eigenvalue weighted by molar-refractivity contribution is 0.482. The fourth-order valence-corrected chi connectivity index (χ4v) is 1.87. The average molecular weight is 261 g/mol. The van der Waals surface area contributed by atoms with Crippen molar-refractivity contribution in [3.8, 4) is 11.5 Å². The first-order valence-electron chi connectivity index (χ1n) is 6.30. The van der Waals surface area contributed by atoms with Crippen LogP contribution < -0.4 is 4.74 Å². The van der Waals surface area contributed by atoms with Crippen LogP contribution in [0.2, 0.25) is 5.02 Å². The number of halogens is 1. The van der Waals surface area contributed by atoms with Gasteiger partial charge in [0.25, 0.3) is 0 Å². The largest absolute Gasteiger partial charge is 0.457 e. The van der Waals surface area contributed by atoms with E-state index >= 15 is 0 Å². The van der Waals surface area contributed by atoms with Crippen LogP contribution in [0.25, 0.3) is 0 Å². The molecule has 0 aliphatic carbocycles. The second kappa shape index (κ2) is 6.46. The van der Waals surface area contributed by atoms with E-state index in [0.717, 1.165) is 22.9 Å². The maximum Gasteiger partial charge on any atom is 0.127 e. The Morgan fingerprint density at radius 3 is 2.00 bits per heavy atom. The fourth-order valence-electron chi connectivity index (χ4n) is 1.74. The van der Waals surface area contributed by atoms with Crippen LogP contribution in [-0.4, -0.2) is 0 Å². The highest BCUT2D eigenvalue weighted by atomic mass is 35.5. The van der Waals surface area contributed by atoms with Gasteiger partial charge in [-0.2, -0.15) is 0 Å². The summed E-state index contributed by atoms with van der Waals surface area (Å²) in [6, 6.07) is 15.7. The van der Waals surface area contributed by atoms with Crippen molar-refractivity contribution in [2.24, 2.45) is 0 Å². The van der Waals surface area contributed by atoms with E-state index in [0.29, 0.717) is 0 Å². The van der Waals surface area contributed by atoms with Crippen LogP contribution in [0.5, 0.6) is 11.5 Å². The van der Waals surface area contributed by atoms with Gasteiger partial charge < -0.3 is 4.74 Å². The van der Waals surface area contributed by atoms with Crippen LogP contribution in [0, 0.1) is 0 Å². The van der Waals surface area contributed by atoms with Crippen molar-refractivity contribution < 1.29 is 4.74 Å². The van der Waals surface area contributed by atoms with E-state index in [1.54, 1.807) is 0 Å². The Labute approximate surface area is 113 Å². The first kappa shape index (κ1) is 13.0. The molecule has 0 unspecified atom stereocenters. The van der Waals surface area contributed by atoms with E-state index in [9.17, 15) is 0 Å². The van der Waals surface area contributed by atoms with Crippen LogP contribution in [0.1, 0.15) is 25.3 Å². The van der Waals surface area contributed by atoms with Gasteiger partial charge in [0.15, 0.2) is 0 Å². The van der Waals surface area contributed by atoms with Gasteiger partial charge in [0.05, 0.1) is 0 Å². The first-order valence-corrected chi connectivity index (χ1v) is 6.68. The smallest absolute Gasteiger partial charge is 0.127 e. The minimum absolute atomic E-state index is 0.720. The number of hydrogen-bond donors (Lipinski definition) is 0. The summed E-state index contributed by atoms with van der Waals surface area (Å²) in [5.41, 5.74) is 1.36. The molecule has 94 valence electrons. The molecule has 0 radical (unpaired) electrons. The molecule has 0 fully saturated rings. The number of hydrogen-bond acceptors (Lipinski definition) is 1. The lowest BCUT2D eigenvalue weighted by atomic mass is 10.1. The highest BCUT2D eigenvalue weighted by Crippen LogP contribution is 2.23. The van der Waals surface area contributed by atoms with Gasteiger partial charge in [-0.05, 0) is 54.8 Å². The van der Waals surface area contributed by atoms with E-state index < -0.39 is 0 Å². The van der Waals surface area contributed by atoms with Crippen LogP contribution in [0.4, 0.5) is 0 Å². The number of unbranched alkanes of at least 4 members (excludes halogenated alkanes) is 1. The number of rotatable bonds is 5. The molecule has 0 atom stereocenters. The van der Waals surface area contributed by atoms with E-state index in [1.807, 2.05) is 36.4 Å². The zero-order valence-corrected chi connectivity index (χ0v) is 11.3. The lowest BCUT2D eigenvalue weighted by Crippen LogP contribution is -1.87. The predicted octanol–water partition coefficient (Wildman–Crippen LogP) is 5.47. The van der Waals surface area contributed by atoms with E-state index in [2.05, 4.69) is 19.1 Å². The third-order valence-corrected chi connectivity index (χ3v) is 3.04. The molecule has 0 aliphatic rings. The van der Waals surface area contributed by atoms with Crippen molar-refractivity contribution in [3.63, 3.8) is 0 Å². The second-order valence-corrected chi connectivity index (χ2v) is 4.74. The third kappa shape index (κ3) is 3.78. The Morgan fingerprint density at radius 2 is 1.44 bits per heavy atom. The van der Waals surface area contributed by atoms with E-state index in [1.165, 1.54) is 18.4 Å². The summed E-state index contributed by atoms with van der Waals surface area (Å²) in [6.07, 6.45) is 3.60. The van der Waals surface area contributed by atoms with Gasteiger partial charge in [-0.3, -0.25) is 0 Å². The summed E-state index contributed by atoms with van der Waals surface area (Å²) in [5, 5.41) is 0.720. The Hall–Kier alpha value is -1.47. The lowest BCUT2D eigenvalue weighted by Gasteiger charge is -2.06. The predicted molar refractivity (Wildman–Crippen MR) is 76.6 cm³/mol. The zero-order valence-electron chi connectivity index (χ0n) is 10.5. The van der Waals surface area contributed by atoms with Crippen LogP contribution >= 0.6 is 11.6 Å². The van der Waals surface area contributed by atoms with E-state index in [-0.39, 0.29) is 0 Å². The standard InChI is InChI=1S/C16H17ClO/c1-2-3-4-13-5-9-15(10-6-13)18-16-11-7-14(17)8-12-16/h5-12H,2-4H2,1H3. The SMILES string of the molecule is CCCCc1ccc(Oc2ccc(Cl)cc2)cc1. The highest BCUT2D eigenvalue weighted by Gasteiger charge is 1.98. The van der Waals surface area contributed by atoms with Crippen LogP contribution in [0.3, 0.4) is 0 Å². The average Bonchev–Trinajstić information content (AvgIpc) is 2.41. The Morgan fingerprint density at radius 1 is 0.889 bits per heavy atom. The zero-order chi connectivity index (χ0) is 12.8. The maximum atomic E-state index is 5.83. The molecule has 0 aromatic heterocycles. The molecule has 2 heteroatoms. The quantitative estimate of drug-likeness (QED) is 0.692. The third-order valence-electron chi connectivity index (χ3n) is 2.79. The van der Waals surface area contributed by atoms with Crippen LogP contribution in [-0.2, 0) is 6.42 Å². The van der Waals surface area contributed by atoms with Crippen molar-refractivity contribution in [1.29, 1.82) is 0 Å². The summed E-state index contributed by atoms with van der Waals surface area (Å²) in [7, 11) is 0. The van der Waals surface area contributed by atoms with E-state index in [4.69, 9.17) is 16.3 Å². The molecule has 0 amide bonds. The van der Waals surface area contributed by atoms with Gasteiger partial charge in [0.2, 0.25) is 0 Å². The molecule has 0 spiro atoms. The summed E-state index contributed by atoms with van der Waals surface area (Å²) in [4.78, 5) is 0. The van der Waals surface area contributed by atoms with Gasteiger partial charge in [-0.15, -0.1) is 0 Å². The van der Waals surface area contributed by atoms with Crippen molar-refractivity contribution in [1.82, 2.24) is 0 Å². The molecule has 0 aliphatic heterocycles. The molecule has 2 rings (SSSR count). The van der Waals surface area contributed by atoms with Gasteiger partial charge in [-0.25, -0.2) is 0 Å². The molecule has 0 heterocycles. The molecule has 0 saturated carbocycles. The Kier molecular flexibility index (Phi) is 4.66. The first-order chi connectivity index (χ1) is 8.78. The molecule has 0 bridgehead atoms. The van der Waals surface area contributed by atoms with Gasteiger partial charge >= 0.3 is 0 Å². The van der Waals surface area contributed by atoms with Gasteiger partial charge in [0, 0.05) is 5.02 Å². The minimum Gasteiger partial charge on any atom is -0.457 e. The van der Waals surface area contributed by atoms with Crippen molar-refractivity contribution in [2.75, 3.05) is 0 Å². The monoisotopic (exact) mass is 260 g/mol. The molecule has 0 saturated heterocycles. The molecule has 18 heavy (non-hydrogen) atoms. The Bertz CT molecular complexity index is 473. The highest BCUT2D eigenvalue weighted by molar-refractivity contribution is 6.30. The molecule has 1 nitrogen and oxygen atoms in total. The van der Waals surface area contributed by atoms with Crippen molar-refractivity contribution in [2.45, 2.75) is 26.2 Å². The summed E-state index contributed by atoms with van der Waals surface area (Å²) >= 11 is 5.83. The fraction of sp³-hybridized carbons (Fsp3) is 0.250. The Balaban J connectivity index is 1.99. The molecular weight excluding hydrogens is 244 g/mol. The van der Waals surface area contributed by atoms with Gasteiger partial charge in [-0.1, -0.05) is 37.1 Å². The van der Waals surface area contributed by atoms with Gasteiger partial charge in [0.1, 0.15) is 11.5 Å². The van der Waals surface area contributed by atoms with Crippen molar-refractivity contribution in [3.05, 3.63) is 59.1 Å². The molecular formula is C16H17ClO. The summed E-state index contributed by atoms with van der Waals surface area (Å²) in [6.45, 7) is 2.21. The maximum absolute atomic E-state index is 5.83. The van der Waals surface area contributed by atoms with Crippen LogP contribution in [0.15, 0.2) is 48.5 Å². The summed E-state index contributed by atoms with van der Waals surface area (Å²) < 4.78 is 5.73. The number of benzene rings is 2. The topological polar surface area (TPSA) is 9.23 Å². The normalized spacial score (nSPS) is 10.3. The minimum atomic E-state index is 0.720. The summed E-state index contributed by atoms with van der Waals surface area (Å²) in [5.74, 6) is 1.67. The molecule has 2 aromatic rings. The molecule has 0 N–H and O–H groups in total. The molecule has 2 aromatic carbocycles. The van der Waals surface area contributed by atoms with Crippen molar-refractivity contribution >= 4 is 11.6 Å². The second-order valence-electron chi connectivity index (χ2n) is 4.30.